The molecule has 0 bridgehead atoms. The molecule has 3 nitrogen and oxygen atoms in total. The summed E-state index contributed by atoms with van der Waals surface area (Å²) >= 11 is 0. The number of hydrogen-bond acceptors (Lipinski definition) is 3. The van der Waals surface area contributed by atoms with Crippen LogP contribution >= 0.6 is 0 Å². The van der Waals surface area contributed by atoms with E-state index in [2.05, 4.69) is 11.4 Å². The molecule has 1 aromatic rings. The molecule has 3 heteroatoms. The largest absolute Gasteiger partial charge is 0.497 e. The highest BCUT2D eigenvalue weighted by molar-refractivity contribution is 5.33. The zero-order valence-corrected chi connectivity index (χ0v) is 9.53. The third-order valence-corrected chi connectivity index (χ3v) is 2.57. The Morgan fingerprint density at radius 1 is 1.31 bits per heavy atom. The fourth-order valence-corrected chi connectivity index (χ4v) is 1.68. The SMILES string of the molecule is COc1cccc(OCC2=CCCNC2)c1. The first kappa shape index (κ1) is 11.0. The molecule has 0 amide bonds. The van der Waals surface area contributed by atoms with Crippen molar-refractivity contribution < 1.29 is 9.47 Å². The molecule has 0 aliphatic carbocycles. The summed E-state index contributed by atoms with van der Waals surface area (Å²) in [5, 5.41) is 3.32. The Morgan fingerprint density at radius 3 is 2.94 bits per heavy atom. The lowest BCUT2D eigenvalue weighted by Gasteiger charge is -2.15. The Bertz CT molecular complexity index is 374. The van der Waals surface area contributed by atoms with Gasteiger partial charge in [-0.25, -0.2) is 0 Å². The van der Waals surface area contributed by atoms with E-state index in [-0.39, 0.29) is 0 Å². The summed E-state index contributed by atoms with van der Waals surface area (Å²) in [7, 11) is 1.66. The molecule has 16 heavy (non-hydrogen) atoms. The summed E-state index contributed by atoms with van der Waals surface area (Å²) < 4.78 is 10.8. The van der Waals surface area contributed by atoms with E-state index in [0.29, 0.717) is 6.61 Å². The van der Waals surface area contributed by atoms with Crippen molar-refractivity contribution in [1.29, 1.82) is 0 Å². The smallest absolute Gasteiger partial charge is 0.123 e. The second-order valence-electron chi connectivity index (χ2n) is 3.80. The van der Waals surface area contributed by atoms with E-state index in [1.165, 1.54) is 5.57 Å². The van der Waals surface area contributed by atoms with Gasteiger partial charge < -0.3 is 14.8 Å². The zero-order chi connectivity index (χ0) is 11.2. The minimum atomic E-state index is 0.653. The summed E-state index contributed by atoms with van der Waals surface area (Å²) in [6, 6.07) is 7.69. The van der Waals surface area contributed by atoms with E-state index in [1.807, 2.05) is 24.3 Å². The lowest BCUT2D eigenvalue weighted by Crippen LogP contribution is -2.24. The van der Waals surface area contributed by atoms with Crippen molar-refractivity contribution in [1.82, 2.24) is 5.32 Å². The van der Waals surface area contributed by atoms with Gasteiger partial charge in [0.15, 0.2) is 0 Å². The van der Waals surface area contributed by atoms with Crippen LogP contribution in [0, 0.1) is 0 Å². The average molecular weight is 219 g/mol. The van der Waals surface area contributed by atoms with E-state index in [9.17, 15) is 0 Å². The van der Waals surface area contributed by atoms with E-state index in [1.54, 1.807) is 7.11 Å². The average Bonchev–Trinajstić information content (AvgIpc) is 2.38. The van der Waals surface area contributed by atoms with Crippen LogP contribution in [0.25, 0.3) is 0 Å². The first-order chi connectivity index (χ1) is 7.88. The lowest BCUT2D eigenvalue weighted by molar-refractivity contribution is 0.341. The van der Waals surface area contributed by atoms with Gasteiger partial charge in [0.1, 0.15) is 18.1 Å². The molecule has 2 rings (SSSR count). The topological polar surface area (TPSA) is 30.5 Å². The van der Waals surface area contributed by atoms with Gasteiger partial charge in [0.05, 0.1) is 7.11 Å². The molecule has 1 N–H and O–H groups in total. The fourth-order valence-electron chi connectivity index (χ4n) is 1.68. The van der Waals surface area contributed by atoms with Gasteiger partial charge in [-0.15, -0.1) is 0 Å². The number of ether oxygens (including phenoxy) is 2. The van der Waals surface area contributed by atoms with Gasteiger partial charge in [-0.1, -0.05) is 12.1 Å². The Hall–Kier alpha value is -1.48. The zero-order valence-electron chi connectivity index (χ0n) is 9.53. The van der Waals surface area contributed by atoms with Crippen LogP contribution in [0.5, 0.6) is 11.5 Å². The summed E-state index contributed by atoms with van der Waals surface area (Å²) in [6.45, 7) is 2.66. The van der Waals surface area contributed by atoms with E-state index >= 15 is 0 Å². The number of methoxy groups -OCH3 is 1. The van der Waals surface area contributed by atoms with Gasteiger partial charge in [-0.3, -0.25) is 0 Å². The molecule has 0 unspecified atom stereocenters. The van der Waals surface area contributed by atoms with Crippen molar-refractivity contribution >= 4 is 0 Å². The van der Waals surface area contributed by atoms with Crippen LogP contribution in [0.3, 0.4) is 0 Å². The van der Waals surface area contributed by atoms with Crippen LogP contribution < -0.4 is 14.8 Å². The van der Waals surface area contributed by atoms with Crippen LogP contribution in [-0.2, 0) is 0 Å². The monoisotopic (exact) mass is 219 g/mol. The van der Waals surface area contributed by atoms with Crippen molar-refractivity contribution in [3.05, 3.63) is 35.9 Å². The molecule has 0 radical (unpaired) electrons. The summed E-state index contributed by atoms with van der Waals surface area (Å²) in [4.78, 5) is 0. The fraction of sp³-hybridized carbons (Fsp3) is 0.385. The third-order valence-electron chi connectivity index (χ3n) is 2.57. The third kappa shape index (κ3) is 3.00. The van der Waals surface area contributed by atoms with Gasteiger partial charge in [-0.2, -0.15) is 0 Å². The first-order valence-corrected chi connectivity index (χ1v) is 5.54. The van der Waals surface area contributed by atoms with Crippen molar-refractivity contribution in [2.24, 2.45) is 0 Å². The van der Waals surface area contributed by atoms with Gasteiger partial charge >= 0.3 is 0 Å². The first-order valence-electron chi connectivity index (χ1n) is 5.54. The predicted molar refractivity (Wildman–Crippen MR) is 64.1 cm³/mol. The minimum absolute atomic E-state index is 0.653. The van der Waals surface area contributed by atoms with Crippen LogP contribution in [-0.4, -0.2) is 26.8 Å². The molecular weight excluding hydrogens is 202 g/mol. The molecule has 1 aliphatic heterocycles. The summed E-state index contributed by atoms with van der Waals surface area (Å²) in [5.74, 6) is 1.68. The molecule has 1 aliphatic rings. The molecule has 86 valence electrons. The Labute approximate surface area is 96.1 Å². The molecule has 1 aromatic carbocycles. The highest BCUT2D eigenvalue weighted by Crippen LogP contribution is 2.19. The van der Waals surface area contributed by atoms with Crippen LogP contribution in [0.1, 0.15) is 6.42 Å². The predicted octanol–water partition coefficient (Wildman–Crippen LogP) is 1.99. The van der Waals surface area contributed by atoms with E-state index in [4.69, 9.17) is 9.47 Å². The normalized spacial score (nSPS) is 15.4. The number of hydrogen-bond donors (Lipinski definition) is 1. The number of benzene rings is 1. The second kappa shape index (κ2) is 5.56. The highest BCUT2D eigenvalue weighted by Gasteiger charge is 2.03. The molecule has 0 saturated carbocycles. The van der Waals surface area contributed by atoms with Gasteiger partial charge in [0, 0.05) is 12.6 Å². The standard InChI is InChI=1S/C13H17NO2/c1-15-12-5-2-6-13(8-12)16-10-11-4-3-7-14-9-11/h2,4-6,8,14H,3,7,9-10H2,1H3. The highest BCUT2D eigenvalue weighted by atomic mass is 16.5. The molecule has 0 fully saturated rings. The summed E-state index contributed by atoms with van der Waals surface area (Å²) in [5.41, 5.74) is 1.31. The van der Waals surface area contributed by atoms with Gasteiger partial charge in [0.25, 0.3) is 0 Å². The maximum Gasteiger partial charge on any atom is 0.123 e. The maximum absolute atomic E-state index is 5.70. The Morgan fingerprint density at radius 2 is 2.19 bits per heavy atom. The molecule has 1 heterocycles. The number of rotatable bonds is 4. The Balaban J connectivity index is 1.91. The van der Waals surface area contributed by atoms with Crippen LogP contribution in [0.2, 0.25) is 0 Å². The molecule has 0 atom stereocenters. The van der Waals surface area contributed by atoms with Gasteiger partial charge in [0.2, 0.25) is 0 Å². The number of nitrogens with one attached hydrogen (secondary N) is 1. The van der Waals surface area contributed by atoms with Crippen molar-refractivity contribution in [3.63, 3.8) is 0 Å². The molecular formula is C13H17NO2. The van der Waals surface area contributed by atoms with Crippen molar-refractivity contribution in [2.45, 2.75) is 6.42 Å². The second-order valence-corrected chi connectivity index (χ2v) is 3.80. The van der Waals surface area contributed by atoms with E-state index in [0.717, 1.165) is 31.0 Å². The lowest BCUT2D eigenvalue weighted by atomic mass is 10.2. The van der Waals surface area contributed by atoms with E-state index < -0.39 is 0 Å². The molecule has 0 saturated heterocycles. The summed E-state index contributed by atoms with van der Waals surface area (Å²) in [6.07, 6.45) is 3.34. The van der Waals surface area contributed by atoms with Crippen molar-refractivity contribution in [2.75, 3.05) is 26.8 Å². The quantitative estimate of drug-likeness (QED) is 0.786. The Kier molecular flexibility index (Phi) is 3.83. The maximum atomic E-state index is 5.70. The molecule has 0 spiro atoms. The van der Waals surface area contributed by atoms with Crippen LogP contribution in [0.4, 0.5) is 0 Å². The van der Waals surface area contributed by atoms with Crippen molar-refractivity contribution in [3.8, 4) is 11.5 Å². The van der Waals surface area contributed by atoms with Crippen LogP contribution in [0.15, 0.2) is 35.9 Å². The molecule has 0 aromatic heterocycles. The minimum Gasteiger partial charge on any atom is -0.497 e. The van der Waals surface area contributed by atoms with Gasteiger partial charge in [-0.05, 0) is 30.7 Å².